The second-order valence-electron chi connectivity index (χ2n) is 3.47. The maximum Gasteiger partial charge on any atom is 0.126 e. The number of hydrogen-bond acceptors (Lipinski definition) is 3. The molecule has 1 atom stereocenters. The topological polar surface area (TPSA) is 44.5 Å². The molecule has 2 N–H and O–H groups in total. The van der Waals surface area contributed by atoms with Gasteiger partial charge in [0, 0.05) is 22.1 Å². The van der Waals surface area contributed by atoms with Crippen LogP contribution in [0.1, 0.15) is 12.5 Å². The molecule has 0 aromatic heterocycles. The first-order valence-electron chi connectivity index (χ1n) is 4.74. The summed E-state index contributed by atoms with van der Waals surface area (Å²) in [5.41, 5.74) is 6.86. The SMILES string of the molecule is COc1cc(Br)c(C[C@@H](C)N)c(OC)c1. The highest BCUT2D eigenvalue weighted by Gasteiger charge is 2.11. The quantitative estimate of drug-likeness (QED) is 0.916. The van der Waals surface area contributed by atoms with Crippen molar-refractivity contribution in [1.82, 2.24) is 0 Å². The summed E-state index contributed by atoms with van der Waals surface area (Å²) >= 11 is 3.49. The molecule has 3 nitrogen and oxygen atoms in total. The molecule has 1 aromatic rings. The second-order valence-corrected chi connectivity index (χ2v) is 4.33. The van der Waals surface area contributed by atoms with E-state index >= 15 is 0 Å². The van der Waals surface area contributed by atoms with Gasteiger partial charge in [-0.05, 0) is 19.4 Å². The predicted octanol–water partition coefficient (Wildman–Crippen LogP) is 2.36. The fourth-order valence-corrected chi connectivity index (χ4v) is 1.99. The molecule has 0 saturated heterocycles. The van der Waals surface area contributed by atoms with Gasteiger partial charge in [-0.3, -0.25) is 0 Å². The van der Waals surface area contributed by atoms with E-state index in [1.54, 1.807) is 14.2 Å². The van der Waals surface area contributed by atoms with Crippen LogP contribution >= 0.6 is 15.9 Å². The van der Waals surface area contributed by atoms with Gasteiger partial charge in [-0.1, -0.05) is 15.9 Å². The average Bonchev–Trinajstić information content (AvgIpc) is 2.20. The van der Waals surface area contributed by atoms with Crippen molar-refractivity contribution in [3.8, 4) is 11.5 Å². The van der Waals surface area contributed by atoms with Crippen LogP contribution in [0.3, 0.4) is 0 Å². The van der Waals surface area contributed by atoms with Crippen LogP contribution in [-0.4, -0.2) is 20.3 Å². The average molecular weight is 274 g/mol. The van der Waals surface area contributed by atoms with E-state index in [2.05, 4.69) is 15.9 Å². The van der Waals surface area contributed by atoms with Crippen molar-refractivity contribution >= 4 is 15.9 Å². The molecule has 0 fully saturated rings. The highest BCUT2D eigenvalue weighted by atomic mass is 79.9. The van der Waals surface area contributed by atoms with Crippen molar-refractivity contribution in [1.29, 1.82) is 0 Å². The molecule has 0 unspecified atom stereocenters. The van der Waals surface area contributed by atoms with Crippen molar-refractivity contribution in [2.45, 2.75) is 19.4 Å². The molecule has 0 spiro atoms. The molecule has 15 heavy (non-hydrogen) atoms. The van der Waals surface area contributed by atoms with Gasteiger partial charge in [-0.2, -0.15) is 0 Å². The number of rotatable bonds is 4. The summed E-state index contributed by atoms with van der Waals surface area (Å²) in [5, 5.41) is 0. The summed E-state index contributed by atoms with van der Waals surface area (Å²) in [7, 11) is 3.28. The summed E-state index contributed by atoms with van der Waals surface area (Å²) in [6.07, 6.45) is 0.772. The number of ether oxygens (including phenoxy) is 2. The fourth-order valence-electron chi connectivity index (χ4n) is 1.41. The Kier molecular flexibility index (Phi) is 4.42. The van der Waals surface area contributed by atoms with Gasteiger partial charge in [0.2, 0.25) is 0 Å². The molecular formula is C11H16BrNO2. The minimum atomic E-state index is 0.101. The Hall–Kier alpha value is -0.740. The zero-order chi connectivity index (χ0) is 11.4. The minimum absolute atomic E-state index is 0.101. The van der Waals surface area contributed by atoms with Crippen molar-refractivity contribution in [2.24, 2.45) is 5.73 Å². The summed E-state index contributed by atoms with van der Waals surface area (Å²) < 4.78 is 11.4. The van der Waals surface area contributed by atoms with E-state index in [0.29, 0.717) is 0 Å². The Morgan fingerprint density at radius 3 is 2.47 bits per heavy atom. The van der Waals surface area contributed by atoms with E-state index in [0.717, 1.165) is 28.0 Å². The Morgan fingerprint density at radius 2 is 2.00 bits per heavy atom. The highest BCUT2D eigenvalue weighted by Crippen LogP contribution is 2.32. The maximum absolute atomic E-state index is 5.78. The van der Waals surface area contributed by atoms with Gasteiger partial charge >= 0.3 is 0 Å². The van der Waals surface area contributed by atoms with Crippen molar-refractivity contribution < 1.29 is 9.47 Å². The zero-order valence-electron chi connectivity index (χ0n) is 9.21. The lowest BCUT2D eigenvalue weighted by atomic mass is 10.1. The fraction of sp³-hybridized carbons (Fsp3) is 0.455. The molecular weight excluding hydrogens is 258 g/mol. The largest absolute Gasteiger partial charge is 0.497 e. The van der Waals surface area contributed by atoms with E-state index in [1.165, 1.54) is 0 Å². The maximum atomic E-state index is 5.78. The summed E-state index contributed by atoms with van der Waals surface area (Å²) in [6, 6.07) is 3.88. The van der Waals surface area contributed by atoms with Gasteiger partial charge in [-0.15, -0.1) is 0 Å². The molecule has 0 aliphatic rings. The number of benzene rings is 1. The molecule has 0 aliphatic carbocycles. The van der Waals surface area contributed by atoms with Crippen LogP contribution in [0.15, 0.2) is 16.6 Å². The van der Waals surface area contributed by atoms with Crippen molar-refractivity contribution in [3.05, 3.63) is 22.2 Å². The standard InChI is InChI=1S/C11H16BrNO2/c1-7(13)4-9-10(12)5-8(14-2)6-11(9)15-3/h5-7H,4,13H2,1-3H3/t7-/m1/s1. The summed E-state index contributed by atoms with van der Waals surface area (Å²) in [6.45, 7) is 1.97. The van der Waals surface area contributed by atoms with Crippen LogP contribution in [0.5, 0.6) is 11.5 Å². The smallest absolute Gasteiger partial charge is 0.126 e. The summed E-state index contributed by atoms with van der Waals surface area (Å²) in [5.74, 6) is 1.57. The van der Waals surface area contributed by atoms with E-state index in [-0.39, 0.29) is 6.04 Å². The third-order valence-corrected chi connectivity index (χ3v) is 2.82. The van der Waals surface area contributed by atoms with Gasteiger partial charge in [0.1, 0.15) is 11.5 Å². The lowest BCUT2D eigenvalue weighted by molar-refractivity contribution is 0.389. The van der Waals surface area contributed by atoms with Crippen molar-refractivity contribution in [3.63, 3.8) is 0 Å². The van der Waals surface area contributed by atoms with Crippen molar-refractivity contribution in [2.75, 3.05) is 14.2 Å². The molecule has 84 valence electrons. The third kappa shape index (κ3) is 3.11. The second kappa shape index (κ2) is 5.37. The highest BCUT2D eigenvalue weighted by molar-refractivity contribution is 9.10. The first-order chi connectivity index (χ1) is 7.08. The molecule has 1 rings (SSSR count). The molecule has 0 radical (unpaired) electrons. The van der Waals surface area contributed by atoms with Gasteiger partial charge in [0.05, 0.1) is 14.2 Å². The zero-order valence-corrected chi connectivity index (χ0v) is 10.8. The van der Waals surface area contributed by atoms with E-state index in [1.807, 2.05) is 19.1 Å². The monoisotopic (exact) mass is 273 g/mol. The predicted molar refractivity (Wildman–Crippen MR) is 64.6 cm³/mol. The first kappa shape index (κ1) is 12.3. The van der Waals surface area contributed by atoms with Crippen LogP contribution < -0.4 is 15.2 Å². The lowest BCUT2D eigenvalue weighted by Crippen LogP contribution is -2.18. The third-order valence-electron chi connectivity index (χ3n) is 2.11. The number of nitrogens with two attached hydrogens (primary N) is 1. The van der Waals surface area contributed by atoms with Crippen LogP contribution in [0.2, 0.25) is 0 Å². The Labute approximate surface area is 98.7 Å². The van der Waals surface area contributed by atoms with E-state index in [4.69, 9.17) is 15.2 Å². The van der Waals surface area contributed by atoms with E-state index in [9.17, 15) is 0 Å². The van der Waals surface area contributed by atoms with Crippen LogP contribution in [0.4, 0.5) is 0 Å². The van der Waals surface area contributed by atoms with Gasteiger partial charge in [0.25, 0.3) is 0 Å². The minimum Gasteiger partial charge on any atom is -0.497 e. The number of halogens is 1. The molecule has 4 heteroatoms. The first-order valence-corrected chi connectivity index (χ1v) is 5.53. The van der Waals surface area contributed by atoms with Crippen LogP contribution in [0, 0.1) is 0 Å². The Bertz CT molecular complexity index is 340. The summed E-state index contributed by atoms with van der Waals surface area (Å²) in [4.78, 5) is 0. The van der Waals surface area contributed by atoms with E-state index < -0.39 is 0 Å². The normalized spacial score (nSPS) is 12.3. The van der Waals surface area contributed by atoms with Gasteiger partial charge < -0.3 is 15.2 Å². The van der Waals surface area contributed by atoms with Gasteiger partial charge in [0.15, 0.2) is 0 Å². The Morgan fingerprint density at radius 1 is 1.33 bits per heavy atom. The molecule has 0 saturated carbocycles. The molecule has 0 aliphatic heterocycles. The van der Waals surface area contributed by atoms with Crippen LogP contribution in [0.25, 0.3) is 0 Å². The number of hydrogen-bond donors (Lipinski definition) is 1. The molecule has 0 amide bonds. The molecule has 1 aromatic carbocycles. The lowest BCUT2D eigenvalue weighted by Gasteiger charge is -2.14. The molecule has 0 bridgehead atoms. The molecule has 0 heterocycles. The van der Waals surface area contributed by atoms with Crippen LogP contribution in [-0.2, 0) is 6.42 Å². The Balaban J connectivity index is 3.12. The number of methoxy groups -OCH3 is 2. The van der Waals surface area contributed by atoms with Gasteiger partial charge in [-0.25, -0.2) is 0 Å².